The van der Waals surface area contributed by atoms with Crippen molar-refractivity contribution >= 4 is 29.0 Å². The van der Waals surface area contributed by atoms with Gasteiger partial charge < -0.3 is 14.2 Å². The van der Waals surface area contributed by atoms with Gasteiger partial charge in [-0.25, -0.2) is 4.98 Å². The molecule has 1 amide bonds. The van der Waals surface area contributed by atoms with Gasteiger partial charge in [-0.2, -0.15) is 0 Å². The van der Waals surface area contributed by atoms with E-state index in [4.69, 9.17) is 8.83 Å². The molecule has 32 heavy (non-hydrogen) atoms. The lowest BCUT2D eigenvalue weighted by molar-refractivity contribution is -0.384. The van der Waals surface area contributed by atoms with Crippen molar-refractivity contribution in [3.05, 3.63) is 70.7 Å². The highest BCUT2D eigenvalue weighted by atomic mass is 32.2. The minimum absolute atomic E-state index is 0.102. The summed E-state index contributed by atoms with van der Waals surface area (Å²) in [6.45, 7) is 3.44. The number of thioether (sulfide) groups is 1. The van der Waals surface area contributed by atoms with Gasteiger partial charge in [-0.1, -0.05) is 17.8 Å². The largest absolute Gasteiger partial charge is 0.463 e. The lowest BCUT2D eigenvalue weighted by Crippen LogP contribution is -2.23. The lowest BCUT2D eigenvalue weighted by Gasteiger charge is -2.13. The zero-order valence-electron chi connectivity index (χ0n) is 17.0. The van der Waals surface area contributed by atoms with Crippen molar-refractivity contribution in [3.63, 3.8) is 0 Å². The van der Waals surface area contributed by atoms with Gasteiger partial charge in [0.1, 0.15) is 5.69 Å². The number of rotatable bonds is 7. The number of nitro groups is 1. The number of aromatic nitrogens is 3. The number of carbonyl (C=O) groups excluding carboxylic acids is 1. The van der Waals surface area contributed by atoms with Crippen LogP contribution in [0.25, 0.3) is 22.9 Å². The number of nitro benzene ring substituents is 1. The van der Waals surface area contributed by atoms with E-state index in [1.54, 1.807) is 44.2 Å². The van der Waals surface area contributed by atoms with E-state index in [1.807, 2.05) is 0 Å². The van der Waals surface area contributed by atoms with Crippen LogP contribution in [0, 0.1) is 17.0 Å². The number of nitrogens with zero attached hydrogens (tertiary/aromatic N) is 4. The molecule has 0 spiro atoms. The summed E-state index contributed by atoms with van der Waals surface area (Å²) in [6.07, 6.45) is 3.04. The number of amides is 1. The van der Waals surface area contributed by atoms with Gasteiger partial charge in [0.15, 0.2) is 17.2 Å². The first-order valence-corrected chi connectivity index (χ1v) is 10.4. The van der Waals surface area contributed by atoms with Crippen LogP contribution in [0.5, 0.6) is 0 Å². The fourth-order valence-electron chi connectivity index (χ4n) is 2.83. The molecule has 0 aliphatic rings. The van der Waals surface area contributed by atoms with Crippen molar-refractivity contribution in [2.24, 2.45) is 0 Å². The zero-order chi connectivity index (χ0) is 22.7. The quantitative estimate of drug-likeness (QED) is 0.240. The van der Waals surface area contributed by atoms with E-state index in [1.165, 1.54) is 24.7 Å². The number of carbonyl (C=O) groups is 1. The Morgan fingerprint density at radius 1 is 1.09 bits per heavy atom. The zero-order valence-corrected chi connectivity index (χ0v) is 17.8. The van der Waals surface area contributed by atoms with Crippen LogP contribution in [0.15, 0.2) is 69.0 Å². The summed E-state index contributed by atoms with van der Waals surface area (Å²) in [5.74, 6) is 0.620. The number of aryl methyl sites for hydroxylation is 1. The van der Waals surface area contributed by atoms with Gasteiger partial charge in [0, 0.05) is 12.1 Å². The molecule has 0 fully saturated rings. The molecular formula is C21H17N5O5S. The van der Waals surface area contributed by atoms with Gasteiger partial charge in [-0.3, -0.25) is 14.9 Å². The molecule has 1 unspecified atom stereocenters. The van der Waals surface area contributed by atoms with E-state index in [9.17, 15) is 14.9 Å². The van der Waals surface area contributed by atoms with Crippen LogP contribution in [-0.4, -0.2) is 31.3 Å². The van der Waals surface area contributed by atoms with Crippen molar-refractivity contribution in [2.45, 2.75) is 24.3 Å². The Morgan fingerprint density at radius 3 is 2.41 bits per heavy atom. The van der Waals surface area contributed by atoms with Crippen molar-refractivity contribution < 1.29 is 18.6 Å². The van der Waals surface area contributed by atoms with Crippen LogP contribution in [0.2, 0.25) is 0 Å². The number of hydrogen-bond acceptors (Lipinski definition) is 9. The lowest BCUT2D eigenvalue weighted by atomic mass is 10.2. The first kappa shape index (κ1) is 21.2. The van der Waals surface area contributed by atoms with E-state index in [0.717, 1.165) is 11.8 Å². The average Bonchev–Trinajstić information content (AvgIpc) is 3.49. The van der Waals surface area contributed by atoms with Crippen molar-refractivity contribution in [1.29, 1.82) is 0 Å². The van der Waals surface area contributed by atoms with Crippen molar-refractivity contribution in [3.8, 4) is 22.9 Å². The molecule has 1 N–H and O–H groups in total. The Bertz CT molecular complexity index is 1260. The first-order chi connectivity index (χ1) is 15.4. The molecule has 4 rings (SSSR count). The van der Waals surface area contributed by atoms with Crippen LogP contribution in [0.1, 0.15) is 12.5 Å². The van der Waals surface area contributed by atoms with E-state index in [0.29, 0.717) is 34.2 Å². The molecule has 10 nitrogen and oxygen atoms in total. The van der Waals surface area contributed by atoms with Crippen LogP contribution in [0.3, 0.4) is 0 Å². The number of anilines is 1. The van der Waals surface area contributed by atoms with Gasteiger partial charge in [0.25, 0.3) is 5.69 Å². The second-order valence-electron chi connectivity index (χ2n) is 6.75. The molecule has 4 aromatic rings. The second-order valence-corrected chi connectivity index (χ2v) is 8.06. The highest BCUT2D eigenvalue weighted by Crippen LogP contribution is 2.31. The smallest absolute Gasteiger partial charge is 0.271 e. The first-order valence-electron chi connectivity index (χ1n) is 9.47. The molecule has 0 bridgehead atoms. The molecule has 3 heterocycles. The summed E-state index contributed by atoms with van der Waals surface area (Å²) in [5.41, 5.74) is 1.83. The molecule has 0 aliphatic heterocycles. The predicted molar refractivity (Wildman–Crippen MR) is 117 cm³/mol. The van der Waals surface area contributed by atoms with Crippen LogP contribution < -0.4 is 5.32 Å². The van der Waals surface area contributed by atoms with Crippen molar-refractivity contribution in [1.82, 2.24) is 15.2 Å². The van der Waals surface area contributed by atoms with Gasteiger partial charge in [0.2, 0.25) is 11.1 Å². The van der Waals surface area contributed by atoms with Crippen LogP contribution in [-0.2, 0) is 4.79 Å². The maximum absolute atomic E-state index is 12.7. The summed E-state index contributed by atoms with van der Waals surface area (Å²) in [5, 5.41) is 21.8. The topological polar surface area (TPSA) is 137 Å². The average molecular weight is 451 g/mol. The fourth-order valence-corrected chi connectivity index (χ4v) is 3.54. The number of nitrogens with one attached hydrogen (secondary N) is 1. The molecule has 11 heteroatoms. The molecule has 0 saturated heterocycles. The highest BCUT2D eigenvalue weighted by molar-refractivity contribution is 8.00. The summed E-state index contributed by atoms with van der Waals surface area (Å²) < 4.78 is 10.9. The van der Waals surface area contributed by atoms with Gasteiger partial charge >= 0.3 is 0 Å². The maximum atomic E-state index is 12.7. The minimum atomic E-state index is -0.602. The Hall–Kier alpha value is -3.99. The molecule has 0 radical (unpaired) electrons. The molecular weight excluding hydrogens is 434 g/mol. The van der Waals surface area contributed by atoms with E-state index < -0.39 is 10.2 Å². The summed E-state index contributed by atoms with van der Waals surface area (Å²) in [7, 11) is 0. The fraction of sp³-hybridized carbons (Fsp3) is 0.143. The second kappa shape index (κ2) is 9.02. The minimum Gasteiger partial charge on any atom is -0.463 e. The summed E-state index contributed by atoms with van der Waals surface area (Å²) >= 11 is 1.10. The van der Waals surface area contributed by atoms with Gasteiger partial charge in [0.05, 0.1) is 28.4 Å². The van der Waals surface area contributed by atoms with Crippen LogP contribution >= 0.6 is 11.8 Å². The molecule has 0 aliphatic carbocycles. The SMILES string of the molecule is Cc1ccc([N+](=O)[O-])cc1NC(=O)C(C)Sc1nnc(-c2ccco2)c(-c2ccco2)n1. The molecule has 3 aromatic heterocycles. The Morgan fingerprint density at radius 2 is 1.78 bits per heavy atom. The maximum Gasteiger partial charge on any atom is 0.271 e. The van der Waals surface area contributed by atoms with Gasteiger partial charge in [-0.15, -0.1) is 10.2 Å². The Labute approximate surface area is 186 Å². The summed E-state index contributed by atoms with van der Waals surface area (Å²) in [4.78, 5) is 27.7. The third-order valence-electron chi connectivity index (χ3n) is 4.52. The third kappa shape index (κ3) is 4.52. The molecule has 1 atom stereocenters. The standard InChI is InChI=1S/C21H17N5O5S/c1-12-7-8-14(26(28)29)11-15(12)22-20(27)13(2)32-21-23-18(16-5-3-9-30-16)19(24-25-21)17-6-4-10-31-17/h3-11,13H,1-2H3,(H,22,27). The monoisotopic (exact) mass is 451 g/mol. The number of benzene rings is 1. The molecule has 162 valence electrons. The number of furan rings is 2. The predicted octanol–water partition coefficient (Wildman–Crippen LogP) is 4.73. The Kier molecular flexibility index (Phi) is 5.99. The van der Waals surface area contributed by atoms with E-state index in [2.05, 4.69) is 20.5 Å². The van der Waals surface area contributed by atoms with Crippen molar-refractivity contribution in [2.75, 3.05) is 5.32 Å². The normalized spacial score (nSPS) is 11.8. The van der Waals surface area contributed by atoms with Gasteiger partial charge in [-0.05, 0) is 43.7 Å². The Balaban J connectivity index is 1.55. The highest BCUT2D eigenvalue weighted by Gasteiger charge is 2.22. The van der Waals surface area contributed by atoms with Crippen LogP contribution in [0.4, 0.5) is 11.4 Å². The number of non-ortho nitro benzene ring substituents is 1. The molecule has 1 aromatic carbocycles. The van der Waals surface area contributed by atoms with E-state index >= 15 is 0 Å². The van der Waals surface area contributed by atoms with E-state index in [-0.39, 0.29) is 16.8 Å². The number of hydrogen-bond donors (Lipinski definition) is 1. The molecule has 0 saturated carbocycles. The third-order valence-corrected chi connectivity index (χ3v) is 5.47. The summed E-state index contributed by atoms with van der Waals surface area (Å²) in [6, 6.07) is 11.2.